The van der Waals surface area contributed by atoms with Gasteiger partial charge < -0.3 is 9.84 Å². The van der Waals surface area contributed by atoms with Crippen LogP contribution in [-0.2, 0) is 6.18 Å². The van der Waals surface area contributed by atoms with Crippen LogP contribution in [0.15, 0.2) is 41.1 Å². The maximum atomic E-state index is 12.6. The fourth-order valence-corrected chi connectivity index (χ4v) is 1.88. The molecule has 2 rings (SSSR count). The monoisotopic (exact) mass is 361 g/mol. The number of aromatic nitrogens is 1. The quantitative estimate of drug-likeness (QED) is 0.882. The molecule has 8 heteroatoms. The smallest absolute Gasteiger partial charge is 0.416 e. The maximum absolute atomic E-state index is 12.6. The third-order valence-corrected chi connectivity index (χ3v) is 2.88. The van der Waals surface area contributed by atoms with Crippen molar-refractivity contribution in [2.24, 2.45) is 0 Å². The average molecular weight is 362 g/mol. The molecule has 0 unspecified atom stereocenters. The Labute approximate surface area is 125 Å². The number of rotatable bonds is 3. The molecule has 1 heterocycles. The van der Waals surface area contributed by atoms with Crippen LogP contribution in [-0.4, -0.2) is 16.1 Å². The van der Waals surface area contributed by atoms with Crippen LogP contribution in [0.2, 0.25) is 0 Å². The van der Waals surface area contributed by atoms with Crippen LogP contribution in [0.3, 0.4) is 0 Å². The summed E-state index contributed by atoms with van der Waals surface area (Å²) >= 11 is 3.15. The third kappa shape index (κ3) is 3.72. The number of carboxylic acids is 1. The van der Waals surface area contributed by atoms with Crippen molar-refractivity contribution in [1.82, 2.24) is 4.98 Å². The topological polar surface area (TPSA) is 59.4 Å². The zero-order valence-corrected chi connectivity index (χ0v) is 11.8. The molecule has 0 fully saturated rings. The molecular weight excluding hydrogens is 355 g/mol. The Hall–Kier alpha value is -2.09. The van der Waals surface area contributed by atoms with E-state index in [1.807, 2.05) is 0 Å². The van der Waals surface area contributed by atoms with Crippen LogP contribution in [0.4, 0.5) is 13.2 Å². The summed E-state index contributed by atoms with van der Waals surface area (Å²) in [7, 11) is 0. The molecule has 0 aliphatic rings. The number of benzene rings is 1. The zero-order chi connectivity index (χ0) is 15.6. The van der Waals surface area contributed by atoms with Gasteiger partial charge in [-0.25, -0.2) is 4.79 Å². The Morgan fingerprint density at radius 3 is 2.52 bits per heavy atom. The predicted octanol–water partition coefficient (Wildman–Crippen LogP) is 4.35. The molecule has 0 atom stereocenters. The van der Waals surface area contributed by atoms with E-state index in [2.05, 4.69) is 20.9 Å². The summed E-state index contributed by atoms with van der Waals surface area (Å²) in [6, 6.07) is 3.76. The van der Waals surface area contributed by atoms with Gasteiger partial charge in [0, 0.05) is 10.7 Å². The minimum Gasteiger partial charge on any atom is -0.478 e. The van der Waals surface area contributed by atoms with E-state index in [1.54, 1.807) is 0 Å². The molecule has 0 radical (unpaired) electrons. The highest BCUT2D eigenvalue weighted by atomic mass is 79.9. The number of nitrogens with zero attached hydrogens (tertiary/aromatic N) is 1. The van der Waals surface area contributed by atoms with E-state index in [1.165, 1.54) is 18.5 Å². The highest BCUT2D eigenvalue weighted by Gasteiger charge is 2.32. The summed E-state index contributed by atoms with van der Waals surface area (Å²) in [6.07, 6.45) is -1.83. The number of hydrogen-bond donors (Lipinski definition) is 1. The van der Waals surface area contributed by atoms with Crippen LogP contribution >= 0.6 is 15.9 Å². The molecular formula is C13H7BrF3NO3. The standard InChI is InChI=1S/C13H7BrF3NO3/c14-8-4-9(6-18-5-8)21-11-2-1-7(13(15,16)17)3-10(11)12(19)20/h1-6H,(H,19,20). The van der Waals surface area contributed by atoms with Gasteiger partial charge >= 0.3 is 12.1 Å². The van der Waals surface area contributed by atoms with Crippen LogP contribution in [0.5, 0.6) is 11.5 Å². The van der Waals surface area contributed by atoms with Gasteiger partial charge in [0.15, 0.2) is 0 Å². The van der Waals surface area contributed by atoms with Crippen molar-refractivity contribution >= 4 is 21.9 Å². The minimum absolute atomic E-state index is 0.199. The number of hydrogen-bond acceptors (Lipinski definition) is 3. The lowest BCUT2D eigenvalue weighted by atomic mass is 10.1. The first-order valence-electron chi connectivity index (χ1n) is 5.50. The molecule has 0 saturated carbocycles. The second kappa shape index (κ2) is 5.72. The van der Waals surface area contributed by atoms with Crippen molar-refractivity contribution in [2.45, 2.75) is 6.18 Å². The van der Waals surface area contributed by atoms with Gasteiger partial charge in [-0.2, -0.15) is 13.2 Å². The number of ether oxygens (including phenoxy) is 1. The van der Waals surface area contributed by atoms with Gasteiger partial charge in [0.25, 0.3) is 0 Å². The molecule has 0 saturated heterocycles. The molecule has 110 valence electrons. The first-order chi connectivity index (χ1) is 9.77. The molecule has 1 aromatic heterocycles. The number of halogens is 4. The summed E-state index contributed by atoms with van der Waals surface area (Å²) in [5.74, 6) is -1.51. The van der Waals surface area contributed by atoms with Crippen molar-refractivity contribution in [1.29, 1.82) is 0 Å². The summed E-state index contributed by atoms with van der Waals surface area (Å²) in [6.45, 7) is 0. The Morgan fingerprint density at radius 2 is 1.95 bits per heavy atom. The van der Waals surface area contributed by atoms with Crippen LogP contribution in [0, 0.1) is 0 Å². The van der Waals surface area contributed by atoms with E-state index in [0.29, 0.717) is 10.5 Å². The zero-order valence-electron chi connectivity index (χ0n) is 10.2. The van der Waals surface area contributed by atoms with Crippen molar-refractivity contribution in [3.05, 3.63) is 52.3 Å². The van der Waals surface area contributed by atoms with Crippen molar-refractivity contribution in [3.63, 3.8) is 0 Å². The first kappa shape index (κ1) is 15.3. The molecule has 4 nitrogen and oxygen atoms in total. The van der Waals surface area contributed by atoms with Gasteiger partial charge in [-0.05, 0) is 40.2 Å². The van der Waals surface area contributed by atoms with Gasteiger partial charge in [0.05, 0.1) is 11.8 Å². The summed E-state index contributed by atoms with van der Waals surface area (Å²) in [4.78, 5) is 14.9. The third-order valence-electron chi connectivity index (χ3n) is 2.44. The normalized spacial score (nSPS) is 11.2. The van der Waals surface area contributed by atoms with Crippen molar-refractivity contribution in [2.75, 3.05) is 0 Å². The largest absolute Gasteiger partial charge is 0.478 e. The number of pyridine rings is 1. The lowest BCUT2D eigenvalue weighted by Crippen LogP contribution is -2.08. The van der Waals surface area contributed by atoms with E-state index in [4.69, 9.17) is 9.84 Å². The second-order valence-corrected chi connectivity index (χ2v) is 4.87. The van der Waals surface area contributed by atoms with Crippen molar-refractivity contribution < 1.29 is 27.8 Å². The van der Waals surface area contributed by atoms with Crippen LogP contribution in [0.1, 0.15) is 15.9 Å². The number of aromatic carboxylic acids is 1. The molecule has 0 bridgehead atoms. The van der Waals surface area contributed by atoms with Crippen LogP contribution < -0.4 is 4.74 Å². The molecule has 0 aliphatic carbocycles. The number of carboxylic acid groups (broad SMARTS) is 1. The van der Waals surface area contributed by atoms with Crippen molar-refractivity contribution in [3.8, 4) is 11.5 Å². The Morgan fingerprint density at radius 1 is 1.24 bits per heavy atom. The first-order valence-corrected chi connectivity index (χ1v) is 6.29. The van der Waals surface area contributed by atoms with E-state index in [-0.39, 0.29) is 11.5 Å². The van der Waals surface area contributed by atoms with Gasteiger partial charge in [0.1, 0.15) is 17.1 Å². The Kier molecular flexibility index (Phi) is 4.17. The second-order valence-electron chi connectivity index (χ2n) is 3.95. The lowest BCUT2D eigenvalue weighted by molar-refractivity contribution is -0.137. The highest BCUT2D eigenvalue weighted by Crippen LogP contribution is 2.34. The van der Waals surface area contributed by atoms with E-state index >= 15 is 0 Å². The Bertz CT molecular complexity index is 689. The average Bonchev–Trinajstić information content (AvgIpc) is 2.37. The van der Waals surface area contributed by atoms with E-state index in [0.717, 1.165) is 12.1 Å². The molecule has 1 aromatic carbocycles. The molecule has 2 aromatic rings. The minimum atomic E-state index is -4.62. The van der Waals surface area contributed by atoms with Gasteiger partial charge in [-0.15, -0.1) is 0 Å². The van der Waals surface area contributed by atoms with Gasteiger partial charge in [-0.1, -0.05) is 0 Å². The summed E-state index contributed by atoms with van der Waals surface area (Å²) in [5, 5.41) is 9.02. The number of carbonyl (C=O) groups is 1. The fraction of sp³-hybridized carbons (Fsp3) is 0.0769. The molecule has 1 N–H and O–H groups in total. The predicted molar refractivity (Wildman–Crippen MR) is 70.4 cm³/mol. The lowest BCUT2D eigenvalue weighted by Gasteiger charge is -2.12. The maximum Gasteiger partial charge on any atom is 0.416 e. The Balaban J connectivity index is 2.42. The van der Waals surface area contributed by atoms with Gasteiger partial charge in [0.2, 0.25) is 0 Å². The molecule has 0 amide bonds. The van der Waals surface area contributed by atoms with E-state index < -0.39 is 23.3 Å². The van der Waals surface area contributed by atoms with E-state index in [9.17, 15) is 18.0 Å². The van der Waals surface area contributed by atoms with Crippen LogP contribution in [0.25, 0.3) is 0 Å². The van der Waals surface area contributed by atoms with Gasteiger partial charge in [-0.3, -0.25) is 4.98 Å². The molecule has 0 aliphatic heterocycles. The highest BCUT2D eigenvalue weighted by molar-refractivity contribution is 9.10. The summed E-state index contributed by atoms with van der Waals surface area (Å²) < 4.78 is 43.6. The molecule has 21 heavy (non-hydrogen) atoms. The summed E-state index contributed by atoms with van der Waals surface area (Å²) in [5.41, 5.74) is -1.63. The SMILES string of the molecule is O=C(O)c1cc(C(F)(F)F)ccc1Oc1cncc(Br)c1. The molecule has 0 spiro atoms. The number of alkyl halides is 3. The fourth-order valence-electron chi connectivity index (χ4n) is 1.54.